The van der Waals surface area contributed by atoms with Crippen molar-refractivity contribution in [2.75, 3.05) is 13.7 Å². The van der Waals surface area contributed by atoms with Crippen LogP contribution in [0.5, 0.6) is 11.5 Å². The van der Waals surface area contributed by atoms with Gasteiger partial charge in [0, 0.05) is 18.2 Å². The van der Waals surface area contributed by atoms with Crippen LogP contribution in [0.15, 0.2) is 72.8 Å². The molecule has 2 aliphatic carbocycles. The van der Waals surface area contributed by atoms with E-state index in [1.54, 1.807) is 19.1 Å². The van der Waals surface area contributed by atoms with Crippen molar-refractivity contribution in [2.45, 2.75) is 84.5 Å². The zero-order valence-electron chi connectivity index (χ0n) is 26.9. The molecular formula is C39H50O5. The predicted molar refractivity (Wildman–Crippen MR) is 178 cm³/mol. The molecule has 0 atom stereocenters. The Kier molecular flexibility index (Phi) is 12.6. The van der Waals surface area contributed by atoms with E-state index in [1.807, 2.05) is 30.3 Å². The molecule has 2 saturated carbocycles. The maximum Gasteiger partial charge on any atom is 0.341 e. The number of esters is 2. The van der Waals surface area contributed by atoms with E-state index >= 15 is 0 Å². The normalized spacial score (nSPS) is 22.0. The summed E-state index contributed by atoms with van der Waals surface area (Å²) in [7, 11) is 1.51. The van der Waals surface area contributed by atoms with Gasteiger partial charge >= 0.3 is 11.9 Å². The van der Waals surface area contributed by atoms with Crippen LogP contribution >= 0.6 is 0 Å². The smallest absolute Gasteiger partial charge is 0.341 e. The second-order valence-electron chi connectivity index (χ2n) is 12.8. The van der Waals surface area contributed by atoms with E-state index in [0.717, 1.165) is 34.4 Å². The lowest BCUT2D eigenvalue weighted by Gasteiger charge is -2.37. The standard InChI is InChI=1S/C39H50O5/c1-6-7-8-29-9-14-31(15-10-29)32-16-11-30(12-17-32)13-18-35-25-34(21-24-37(35)44-38(40)27(2)3)33-19-22-36(23-20-33)43-39(41)28(4)26-42-5/h13,18-25,29-32H,2,4,6-12,14-17,26H2,1,3,5H3/b18-13+. The molecule has 0 bridgehead atoms. The Balaban J connectivity index is 1.41. The first-order valence-electron chi connectivity index (χ1n) is 16.5. The van der Waals surface area contributed by atoms with E-state index in [9.17, 15) is 9.59 Å². The fourth-order valence-electron chi connectivity index (χ4n) is 6.76. The van der Waals surface area contributed by atoms with Gasteiger partial charge in [0.2, 0.25) is 0 Å². The number of hydrogen-bond donors (Lipinski definition) is 0. The zero-order chi connectivity index (χ0) is 31.5. The van der Waals surface area contributed by atoms with Gasteiger partial charge in [0.25, 0.3) is 0 Å². The Bertz CT molecular complexity index is 1300. The average Bonchev–Trinajstić information content (AvgIpc) is 3.04. The van der Waals surface area contributed by atoms with Gasteiger partial charge in [0.1, 0.15) is 11.5 Å². The molecule has 2 fully saturated rings. The molecule has 2 aliphatic rings. The molecule has 0 spiro atoms. The number of benzene rings is 2. The van der Waals surface area contributed by atoms with Crippen molar-refractivity contribution in [2.24, 2.45) is 23.7 Å². The first-order valence-corrected chi connectivity index (χ1v) is 16.5. The topological polar surface area (TPSA) is 61.8 Å². The molecule has 5 nitrogen and oxygen atoms in total. The van der Waals surface area contributed by atoms with E-state index in [1.165, 1.54) is 77.7 Å². The number of carbonyl (C=O) groups excluding carboxylic acids is 2. The molecule has 0 unspecified atom stereocenters. The van der Waals surface area contributed by atoms with Crippen molar-refractivity contribution in [3.05, 3.63) is 78.4 Å². The van der Waals surface area contributed by atoms with Gasteiger partial charge in [-0.2, -0.15) is 0 Å². The Labute approximate surface area is 264 Å². The number of hydrogen-bond acceptors (Lipinski definition) is 5. The highest BCUT2D eigenvalue weighted by atomic mass is 16.5. The summed E-state index contributed by atoms with van der Waals surface area (Å²) in [5.74, 6) is 3.30. The summed E-state index contributed by atoms with van der Waals surface area (Å²) in [4.78, 5) is 24.6. The molecule has 0 aliphatic heterocycles. The monoisotopic (exact) mass is 598 g/mol. The summed E-state index contributed by atoms with van der Waals surface area (Å²) in [6.07, 6.45) is 19.3. The summed E-state index contributed by atoms with van der Waals surface area (Å²) < 4.78 is 16.1. The molecule has 5 heteroatoms. The highest BCUT2D eigenvalue weighted by Gasteiger charge is 2.30. The lowest BCUT2D eigenvalue weighted by atomic mass is 9.68. The van der Waals surface area contributed by atoms with Gasteiger partial charge < -0.3 is 14.2 Å². The van der Waals surface area contributed by atoms with Crippen LogP contribution in [0.3, 0.4) is 0 Å². The third-order valence-electron chi connectivity index (χ3n) is 9.45. The van der Waals surface area contributed by atoms with Gasteiger partial charge in [-0.05, 0) is 105 Å². The van der Waals surface area contributed by atoms with Crippen LogP contribution in [0.25, 0.3) is 17.2 Å². The van der Waals surface area contributed by atoms with Crippen LogP contribution in [-0.2, 0) is 14.3 Å². The van der Waals surface area contributed by atoms with Crippen molar-refractivity contribution < 1.29 is 23.8 Å². The third-order valence-corrected chi connectivity index (χ3v) is 9.45. The molecule has 0 aromatic heterocycles. The van der Waals surface area contributed by atoms with Crippen LogP contribution in [0.4, 0.5) is 0 Å². The van der Waals surface area contributed by atoms with Crippen LogP contribution in [0.2, 0.25) is 0 Å². The number of carbonyl (C=O) groups is 2. The average molecular weight is 599 g/mol. The lowest BCUT2D eigenvalue weighted by Crippen LogP contribution is -2.25. The molecule has 2 aromatic carbocycles. The Hall–Kier alpha value is -3.44. The molecule has 4 rings (SSSR count). The van der Waals surface area contributed by atoms with E-state index in [-0.39, 0.29) is 12.2 Å². The molecule has 0 heterocycles. The Morgan fingerprint density at radius 1 is 0.841 bits per heavy atom. The van der Waals surface area contributed by atoms with Gasteiger partial charge in [-0.15, -0.1) is 0 Å². The summed E-state index contributed by atoms with van der Waals surface area (Å²) in [6, 6.07) is 13.1. The van der Waals surface area contributed by atoms with Crippen LogP contribution in [0.1, 0.15) is 90.0 Å². The van der Waals surface area contributed by atoms with E-state index in [4.69, 9.17) is 14.2 Å². The first kappa shape index (κ1) is 33.5. The molecule has 0 amide bonds. The second-order valence-corrected chi connectivity index (χ2v) is 12.8. The summed E-state index contributed by atoms with van der Waals surface area (Å²) in [5.41, 5.74) is 3.40. The summed E-state index contributed by atoms with van der Waals surface area (Å²) in [5, 5.41) is 0. The van der Waals surface area contributed by atoms with Gasteiger partial charge in [-0.25, -0.2) is 9.59 Å². The Morgan fingerprint density at radius 3 is 2.09 bits per heavy atom. The minimum absolute atomic E-state index is 0.122. The van der Waals surface area contributed by atoms with Gasteiger partial charge in [0.05, 0.1) is 12.2 Å². The predicted octanol–water partition coefficient (Wildman–Crippen LogP) is 9.76. The van der Waals surface area contributed by atoms with Crippen LogP contribution in [-0.4, -0.2) is 25.7 Å². The fraction of sp³-hybridized carbons (Fsp3) is 0.487. The van der Waals surface area contributed by atoms with Crippen LogP contribution in [0, 0.1) is 23.7 Å². The molecule has 236 valence electrons. The number of rotatable bonds is 13. The number of methoxy groups -OCH3 is 1. The summed E-state index contributed by atoms with van der Waals surface area (Å²) in [6.45, 7) is 11.5. The SMILES string of the molecule is C=C(C)C(=O)Oc1ccc(-c2ccc(OC(=O)C(=C)COC)cc2)cc1/C=C/C1CCC(C2CCC(CCCC)CC2)CC1. The number of ether oxygens (including phenoxy) is 3. The van der Waals surface area contributed by atoms with Crippen molar-refractivity contribution >= 4 is 18.0 Å². The van der Waals surface area contributed by atoms with E-state index < -0.39 is 11.9 Å². The third kappa shape index (κ3) is 9.53. The molecule has 44 heavy (non-hydrogen) atoms. The molecule has 0 N–H and O–H groups in total. The molecule has 0 radical (unpaired) electrons. The minimum atomic E-state index is -0.514. The maximum atomic E-state index is 12.4. The zero-order valence-corrected chi connectivity index (χ0v) is 26.9. The molecule has 2 aromatic rings. The van der Waals surface area contributed by atoms with E-state index in [0.29, 0.717) is 23.0 Å². The number of unbranched alkanes of at least 4 members (excludes halogenated alkanes) is 1. The second kappa shape index (κ2) is 16.6. The number of allylic oxidation sites excluding steroid dienone is 1. The molecule has 0 saturated heterocycles. The maximum absolute atomic E-state index is 12.4. The van der Waals surface area contributed by atoms with Crippen molar-refractivity contribution in [3.8, 4) is 22.6 Å². The largest absolute Gasteiger partial charge is 0.423 e. The first-order chi connectivity index (χ1) is 21.3. The van der Waals surface area contributed by atoms with Crippen LogP contribution < -0.4 is 9.47 Å². The van der Waals surface area contributed by atoms with Crippen molar-refractivity contribution in [1.29, 1.82) is 0 Å². The van der Waals surface area contributed by atoms with Gasteiger partial charge in [0.15, 0.2) is 0 Å². The van der Waals surface area contributed by atoms with Crippen molar-refractivity contribution in [3.63, 3.8) is 0 Å². The van der Waals surface area contributed by atoms with Gasteiger partial charge in [-0.3, -0.25) is 0 Å². The Morgan fingerprint density at radius 2 is 1.48 bits per heavy atom. The molecular weight excluding hydrogens is 548 g/mol. The van der Waals surface area contributed by atoms with Crippen molar-refractivity contribution in [1.82, 2.24) is 0 Å². The lowest BCUT2D eigenvalue weighted by molar-refractivity contribution is -0.131. The highest BCUT2D eigenvalue weighted by molar-refractivity contribution is 5.90. The van der Waals surface area contributed by atoms with Gasteiger partial charge in [-0.1, -0.05) is 82.5 Å². The van der Waals surface area contributed by atoms with E-state index in [2.05, 4.69) is 32.2 Å². The highest BCUT2D eigenvalue weighted by Crippen LogP contribution is 2.43. The quantitative estimate of drug-likeness (QED) is 0.130. The summed E-state index contributed by atoms with van der Waals surface area (Å²) >= 11 is 0. The fourth-order valence-corrected chi connectivity index (χ4v) is 6.76. The minimum Gasteiger partial charge on any atom is -0.423 e.